The predicted molar refractivity (Wildman–Crippen MR) is 128 cm³/mol. The number of rotatable bonds is 7. The van der Waals surface area contributed by atoms with Gasteiger partial charge in [0, 0.05) is 42.2 Å². The molecule has 0 aliphatic carbocycles. The molecular weight excluding hydrogens is 432 g/mol. The van der Waals surface area contributed by atoms with Crippen LogP contribution in [0.15, 0.2) is 67.3 Å². The average Bonchev–Trinajstić information content (AvgIpc) is 3.53. The maximum atomic E-state index is 12.6. The molecule has 3 heterocycles. The van der Waals surface area contributed by atoms with Crippen LogP contribution in [0.2, 0.25) is 0 Å². The van der Waals surface area contributed by atoms with Crippen LogP contribution in [0.25, 0.3) is 33.5 Å². The molecule has 34 heavy (non-hydrogen) atoms. The van der Waals surface area contributed by atoms with Crippen LogP contribution in [-0.4, -0.2) is 49.6 Å². The Morgan fingerprint density at radius 1 is 1.15 bits per heavy atom. The Balaban J connectivity index is 1.41. The number of aromatic nitrogens is 5. The van der Waals surface area contributed by atoms with Crippen molar-refractivity contribution in [3.63, 3.8) is 0 Å². The number of pyridine rings is 1. The number of aromatic hydroxyl groups is 1. The average molecular weight is 454 g/mol. The molecule has 0 radical (unpaired) electrons. The lowest BCUT2D eigenvalue weighted by Crippen LogP contribution is -2.25. The molecule has 1 amide bonds. The van der Waals surface area contributed by atoms with Crippen LogP contribution in [0.3, 0.4) is 0 Å². The first kappa shape index (κ1) is 21.2. The number of benzene rings is 2. The Hall–Kier alpha value is -4.66. The maximum Gasteiger partial charge on any atom is 0.251 e. The molecule has 0 fully saturated rings. The third kappa shape index (κ3) is 4.18. The van der Waals surface area contributed by atoms with E-state index in [-0.39, 0.29) is 11.7 Å². The van der Waals surface area contributed by atoms with Gasteiger partial charge in [0.1, 0.15) is 11.6 Å². The van der Waals surface area contributed by atoms with Crippen LogP contribution in [0.1, 0.15) is 16.1 Å². The van der Waals surface area contributed by atoms with E-state index >= 15 is 0 Å². The molecule has 0 aliphatic rings. The van der Waals surface area contributed by atoms with Gasteiger partial charge < -0.3 is 25.1 Å². The number of fused-ring (bicyclic) bond motifs is 1. The summed E-state index contributed by atoms with van der Waals surface area (Å²) >= 11 is 0. The SMILES string of the molecule is COc1ncccc1-c1ccc(O)c(-c2nc3ccc(C(=O)NCCc4cnc[nH]4)cc3[nH]2)c1. The fraction of sp³-hybridized carbons (Fsp3) is 0.120. The van der Waals surface area contributed by atoms with E-state index in [2.05, 4.69) is 30.2 Å². The summed E-state index contributed by atoms with van der Waals surface area (Å²) < 4.78 is 5.37. The third-order valence-electron chi connectivity index (χ3n) is 5.51. The summed E-state index contributed by atoms with van der Waals surface area (Å²) in [5.41, 5.74) is 5.02. The first-order chi connectivity index (χ1) is 16.6. The summed E-state index contributed by atoms with van der Waals surface area (Å²) in [5.74, 6) is 0.898. The molecule has 0 saturated carbocycles. The minimum Gasteiger partial charge on any atom is -0.507 e. The number of nitrogens with zero attached hydrogens (tertiary/aromatic N) is 3. The summed E-state index contributed by atoms with van der Waals surface area (Å²) in [6.45, 7) is 0.492. The molecule has 0 atom stereocenters. The first-order valence-electron chi connectivity index (χ1n) is 10.7. The number of H-pyrrole nitrogens is 2. The van der Waals surface area contributed by atoms with Crippen molar-refractivity contribution < 1.29 is 14.6 Å². The number of imidazole rings is 2. The van der Waals surface area contributed by atoms with Gasteiger partial charge in [-0.2, -0.15) is 0 Å². The van der Waals surface area contributed by atoms with Gasteiger partial charge >= 0.3 is 0 Å². The zero-order valence-corrected chi connectivity index (χ0v) is 18.4. The molecule has 9 nitrogen and oxygen atoms in total. The highest BCUT2D eigenvalue weighted by atomic mass is 16.5. The molecule has 170 valence electrons. The van der Waals surface area contributed by atoms with Gasteiger partial charge in [-0.15, -0.1) is 0 Å². The predicted octanol–water partition coefficient (Wildman–Crippen LogP) is 3.70. The quantitative estimate of drug-likeness (QED) is 0.297. The van der Waals surface area contributed by atoms with Gasteiger partial charge in [-0.05, 0) is 48.0 Å². The van der Waals surface area contributed by atoms with E-state index in [0.29, 0.717) is 46.8 Å². The second-order valence-electron chi connectivity index (χ2n) is 7.69. The lowest BCUT2D eigenvalue weighted by molar-refractivity contribution is 0.0954. The number of hydrogen-bond acceptors (Lipinski definition) is 6. The number of nitrogens with one attached hydrogen (secondary N) is 3. The Morgan fingerprint density at radius 3 is 2.88 bits per heavy atom. The fourth-order valence-corrected chi connectivity index (χ4v) is 3.78. The molecule has 2 aromatic carbocycles. The number of ether oxygens (including phenoxy) is 1. The molecule has 5 rings (SSSR count). The van der Waals surface area contributed by atoms with Crippen LogP contribution < -0.4 is 10.1 Å². The Morgan fingerprint density at radius 2 is 2.06 bits per heavy atom. The van der Waals surface area contributed by atoms with Crippen LogP contribution in [0.5, 0.6) is 11.6 Å². The standard InChI is InChI=1S/C25H22N6O3/c1-34-25-18(3-2-9-28-25)15-5-7-22(32)19(11-15)23-30-20-6-4-16(12-21(20)31-23)24(33)27-10-8-17-13-26-14-29-17/h2-7,9,11-14,32H,8,10H2,1H3,(H,26,29)(H,27,33)(H,30,31). The van der Waals surface area contributed by atoms with Crippen LogP contribution in [-0.2, 0) is 6.42 Å². The number of hydrogen-bond donors (Lipinski definition) is 4. The van der Waals surface area contributed by atoms with Gasteiger partial charge in [0.15, 0.2) is 0 Å². The van der Waals surface area contributed by atoms with Crippen molar-refractivity contribution in [1.82, 2.24) is 30.2 Å². The van der Waals surface area contributed by atoms with E-state index in [4.69, 9.17) is 4.74 Å². The van der Waals surface area contributed by atoms with Crippen molar-refractivity contribution in [3.05, 3.63) is 78.5 Å². The van der Waals surface area contributed by atoms with Crippen molar-refractivity contribution in [2.45, 2.75) is 6.42 Å². The van der Waals surface area contributed by atoms with E-state index in [1.54, 1.807) is 56.2 Å². The van der Waals surface area contributed by atoms with E-state index < -0.39 is 0 Å². The summed E-state index contributed by atoms with van der Waals surface area (Å²) in [6, 6.07) is 14.2. The van der Waals surface area contributed by atoms with E-state index in [0.717, 1.165) is 16.8 Å². The van der Waals surface area contributed by atoms with E-state index in [9.17, 15) is 9.90 Å². The normalized spacial score (nSPS) is 11.0. The molecule has 9 heteroatoms. The van der Waals surface area contributed by atoms with Crippen molar-refractivity contribution >= 4 is 16.9 Å². The topological polar surface area (TPSA) is 129 Å². The van der Waals surface area contributed by atoms with Gasteiger partial charge in [-0.25, -0.2) is 15.0 Å². The van der Waals surface area contributed by atoms with Gasteiger partial charge in [0.05, 0.1) is 30.0 Å². The Labute approximate surface area is 194 Å². The van der Waals surface area contributed by atoms with Crippen molar-refractivity contribution in [1.29, 1.82) is 0 Å². The molecule has 0 unspecified atom stereocenters. The monoisotopic (exact) mass is 454 g/mol. The van der Waals surface area contributed by atoms with Crippen molar-refractivity contribution in [3.8, 4) is 34.1 Å². The molecule has 0 bridgehead atoms. The highest BCUT2D eigenvalue weighted by molar-refractivity contribution is 5.97. The lowest BCUT2D eigenvalue weighted by atomic mass is 10.0. The first-order valence-corrected chi connectivity index (χ1v) is 10.7. The van der Waals surface area contributed by atoms with Crippen LogP contribution in [0.4, 0.5) is 0 Å². The highest BCUT2D eigenvalue weighted by Gasteiger charge is 2.15. The number of aromatic amines is 2. The molecule has 3 aromatic heterocycles. The largest absolute Gasteiger partial charge is 0.507 e. The van der Waals surface area contributed by atoms with Gasteiger partial charge in [-0.3, -0.25) is 4.79 Å². The number of amides is 1. The van der Waals surface area contributed by atoms with E-state index in [1.807, 2.05) is 18.2 Å². The highest BCUT2D eigenvalue weighted by Crippen LogP contribution is 2.35. The van der Waals surface area contributed by atoms with Crippen molar-refractivity contribution in [2.24, 2.45) is 0 Å². The van der Waals surface area contributed by atoms with Crippen LogP contribution >= 0.6 is 0 Å². The summed E-state index contributed by atoms with van der Waals surface area (Å²) in [4.78, 5) is 31.6. The molecule has 0 spiro atoms. The van der Waals surface area contributed by atoms with Gasteiger partial charge in [-0.1, -0.05) is 6.07 Å². The van der Waals surface area contributed by atoms with Crippen LogP contribution in [0, 0.1) is 0 Å². The summed E-state index contributed by atoms with van der Waals surface area (Å²) in [5, 5.41) is 13.4. The number of phenolic OH excluding ortho intramolecular Hbond substituents is 1. The number of carbonyl (C=O) groups is 1. The minimum absolute atomic E-state index is 0.0856. The fourth-order valence-electron chi connectivity index (χ4n) is 3.78. The molecule has 4 N–H and O–H groups in total. The second-order valence-corrected chi connectivity index (χ2v) is 7.69. The number of methoxy groups -OCH3 is 1. The Kier molecular flexibility index (Phi) is 5.65. The lowest BCUT2D eigenvalue weighted by Gasteiger charge is -2.09. The smallest absolute Gasteiger partial charge is 0.251 e. The molecular formula is C25H22N6O3. The zero-order chi connectivity index (χ0) is 23.5. The minimum atomic E-state index is -0.175. The zero-order valence-electron chi connectivity index (χ0n) is 18.4. The number of phenols is 1. The number of carbonyl (C=O) groups excluding carboxylic acids is 1. The molecule has 0 aliphatic heterocycles. The van der Waals surface area contributed by atoms with Gasteiger partial charge in [0.2, 0.25) is 5.88 Å². The maximum absolute atomic E-state index is 12.6. The molecule has 5 aromatic rings. The van der Waals surface area contributed by atoms with Crippen molar-refractivity contribution in [2.75, 3.05) is 13.7 Å². The summed E-state index contributed by atoms with van der Waals surface area (Å²) in [6.07, 6.45) is 5.67. The summed E-state index contributed by atoms with van der Waals surface area (Å²) in [7, 11) is 1.57. The third-order valence-corrected chi connectivity index (χ3v) is 5.51. The Bertz CT molecular complexity index is 1460. The van der Waals surface area contributed by atoms with Gasteiger partial charge in [0.25, 0.3) is 5.91 Å². The second kappa shape index (κ2) is 9.07. The van der Waals surface area contributed by atoms with E-state index in [1.165, 1.54) is 0 Å². The molecule has 0 saturated heterocycles.